The summed E-state index contributed by atoms with van der Waals surface area (Å²) in [6.07, 6.45) is 2.95. The molecule has 4 heteroatoms. The topological polar surface area (TPSA) is 55.8 Å². The van der Waals surface area contributed by atoms with E-state index in [0.29, 0.717) is 24.3 Å². The Morgan fingerprint density at radius 1 is 1.40 bits per heavy atom. The van der Waals surface area contributed by atoms with Gasteiger partial charge in [0.15, 0.2) is 5.78 Å². The van der Waals surface area contributed by atoms with Gasteiger partial charge in [-0.2, -0.15) is 0 Å². The van der Waals surface area contributed by atoms with Gasteiger partial charge >= 0.3 is 0 Å². The van der Waals surface area contributed by atoms with Gasteiger partial charge in [0, 0.05) is 31.8 Å². The molecule has 0 amide bonds. The number of ether oxygens (including phenoxy) is 2. The largest absolute Gasteiger partial charge is 0.497 e. The third-order valence-electron chi connectivity index (χ3n) is 3.81. The third kappa shape index (κ3) is 3.81. The zero-order valence-electron chi connectivity index (χ0n) is 11.9. The minimum atomic E-state index is 0.0325. The molecule has 1 saturated heterocycles. The first kappa shape index (κ1) is 15.0. The van der Waals surface area contributed by atoms with E-state index in [1.165, 1.54) is 0 Å². The van der Waals surface area contributed by atoms with Gasteiger partial charge in [-0.15, -0.1) is 0 Å². The molecule has 110 valence electrons. The first-order valence-corrected chi connectivity index (χ1v) is 7.13. The minimum Gasteiger partial charge on any atom is -0.497 e. The van der Waals surface area contributed by atoms with Gasteiger partial charge in [0.05, 0.1) is 7.11 Å². The first-order chi connectivity index (χ1) is 9.74. The summed E-state index contributed by atoms with van der Waals surface area (Å²) in [5, 5.41) is 9.14. The molecule has 1 aliphatic rings. The summed E-state index contributed by atoms with van der Waals surface area (Å²) >= 11 is 0. The molecule has 0 spiro atoms. The van der Waals surface area contributed by atoms with Gasteiger partial charge in [-0.3, -0.25) is 4.79 Å². The van der Waals surface area contributed by atoms with E-state index >= 15 is 0 Å². The van der Waals surface area contributed by atoms with Gasteiger partial charge in [-0.05, 0) is 48.9 Å². The Kier molecular flexibility index (Phi) is 5.56. The van der Waals surface area contributed by atoms with Crippen molar-refractivity contribution in [1.29, 1.82) is 0 Å². The van der Waals surface area contributed by atoms with E-state index in [9.17, 15) is 4.79 Å². The smallest absolute Gasteiger partial charge is 0.163 e. The van der Waals surface area contributed by atoms with Crippen molar-refractivity contribution in [1.82, 2.24) is 0 Å². The molecule has 2 rings (SSSR count). The molecule has 0 unspecified atom stereocenters. The minimum absolute atomic E-state index is 0.0325. The van der Waals surface area contributed by atoms with Crippen molar-refractivity contribution < 1.29 is 19.4 Å². The Morgan fingerprint density at radius 3 is 2.80 bits per heavy atom. The summed E-state index contributed by atoms with van der Waals surface area (Å²) in [7, 11) is 1.60. The van der Waals surface area contributed by atoms with Crippen molar-refractivity contribution >= 4 is 5.78 Å². The van der Waals surface area contributed by atoms with Crippen LogP contribution in [-0.2, 0) is 11.2 Å². The molecule has 0 bridgehead atoms. The van der Waals surface area contributed by atoms with E-state index in [-0.39, 0.29) is 12.4 Å². The average Bonchev–Trinajstić information content (AvgIpc) is 2.48. The summed E-state index contributed by atoms with van der Waals surface area (Å²) in [5.74, 6) is 1.29. The van der Waals surface area contributed by atoms with Crippen LogP contribution in [0.25, 0.3) is 0 Å². The molecule has 0 aromatic heterocycles. The van der Waals surface area contributed by atoms with Crippen LogP contribution in [-0.4, -0.2) is 37.8 Å². The number of methoxy groups -OCH3 is 1. The van der Waals surface area contributed by atoms with Crippen LogP contribution in [0.1, 0.15) is 35.2 Å². The Balaban J connectivity index is 2.11. The van der Waals surface area contributed by atoms with Crippen LogP contribution in [0.3, 0.4) is 0 Å². The monoisotopic (exact) mass is 278 g/mol. The highest BCUT2D eigenvalue weighted by atomic mass is 16.5. The summed E-state index contributed by atoms with van der Waals surface area (Å²) in [6.45, 7) is 1.54. The molecule has 1 aliphatic heterocycles. The highest BCUT2D eigenvalue weighted by Gasteiger charge is 2.20. The van der Waals surface area contributed by atoms with Crippen LogP contribution in [0.4, 0.5) is 0 Å². The van der Waals surface area contributed by atoms with E-state index in [1.807, 2.05) is 12.1 Å². The highest BCUT2D eigenvalue weighted by molar-refractivity contribution is 5.97. The zero-order chi connectivity index (χ0) is 14.4. The van der Waals surface area contributed by atoms with Gasteiger partial charge in [0.2, 0.25) is 0 Å². The molecule has 0 atom stereocenters. The number of rotatable bonds is 6. The normalized spacial score (nSPS) is 16.1. The van der Waals surface area contributed by atoms with Crippen LogP contribution < -0.4 is 4.74 Å². The van der Waals surface area contributed by atoms with E-state index in [1.54, 1.807) is 13.2 Å². The van der Waals surface area contributed by atoms with Gasteiger partial charge in [0.25, 0.3) is 0 Å². The van der Waals surface area contributed by atoms with Crippen LogP contribution >= 0.6 is 0 Å². The number of aliphatic hydroxyl groups excluding tert-OH is 1. The van der Waals surface area contributed by atoms with Crippen molar-refractivity contribution in [3.05, 3.63) is 29.3 Å². The Hall–Kier alpha value is -1.39. The second-order valence-electron chi connectivity index (χ2n) is 5.18. The van der Waals surface area contributed by atoms with E-state index in [4.69, 9.17) is 14.6 Å². The third-order valence-corrected chi connectivity index (χ3v) is 3.81. The molecular weight excluding hydrogens is 256 g/mol. The molecule has 1 heterocycles. The molecular formula is C16H22O4. The fourth-order valence-electron chi connectivity index (χ4n) is 2.62. The lowest BCUT2D eigenvalue weighted by atomic mass is 9.90. The number of hydrogen-bond donors (Lipinski definition) is 1. The number of Topliss-reactive ketones (excluding diaryl/α,β-unsaturated/α-hetero) is 1. The van der Waals surface area contributed by atoms with E-state index in [2.05, 4.69) is 0 Å². The van der Waals surface area contributed by atoms with Crippen LogP contribution in [0.5, 0.6) is 5.75 Å². The summed E-state index contributed by atoms with van der Waals surface area (Å²) in [5.41, 5.74) is 1.58. The Morgan fingerprint density at radius 2 is 2.15 bits per heavy atom. The lowest BCUT2D eigenvalue weighted by Crippen LogP contribution is -2.19. The molecule has 0 saturated carbocycles. The molecule has 20 heavy (non-hydrogen) atoms. The predicted molar refractivity (Wildman–Crippen MR) is 76.3 cm³/mol. The predicted octanol–water partition coefficient (Wildman–Crippen LogP) is 2.23. The number of aliphatic hydroxyl groups is 1. The lowest BCUT2D eigenvalue weighted by Gasteiger charge is -2.21. The van der Waals surface area contributed by atoms with Gasteiger partial charge in [-0.1, -0.05) is 0 Å². The molecule has 0 radical (unpaired) electrons. The summed E-state index contributed by atoms with van der Waals surface area (Å²) in [6, 6.07) is 5.46. The van der Waals surface area contributed by atoms with Crippen molar-refractivity contribution in [2.75, 3.05) is 26.9 Å². The number of carbonyl (C=O) groups is 1. The van der Waals surface area contributed by atoms with Crippen molar-refractivity contribution in [3.63, 3.8) is 0 Å². The van der Waals surface area contributed by atoms with E-state index in [0.717, 1.165) is 37.4 Å². The Labute approximate surface area is 119 Å². The molecule has 1 N–H and O–H groups in total. The SMILES string of the molecule is COc1ccc(C(=O)CC2CCOCC2)c(CCO)c1. The summed E-state index contributed by atoms with van der Waals surface area (Å²) in [4.78, 5) is 12.4. The number of carbonyl (C=O) groups excluding carboxylic acids is 1. The van der Waals surface area contributed by atoms with Crippen molar-refractivity contribution in [3.8, 4) is 5.75 Å². The van der Waals surface area contributed by atoms with Crippen molar-refractivity contribution in [2.24, 2.45) is 5.92 Å². The number of ketones is 1. The van der Waals surface area contributed by atoms with Crippen LogP contribution in [0.2, 0.25) is 0 Å². The maximum Gasteiger partial charge on any atom is 0.163 e. The first-order valence-electron chi connectivity index (χ1n) is 7.13. The second kappa shape index (κ2) is 7.41. The van der Waals surface area contributed by atoms with Crippen LogP contribution in [0.15, 0.2) is 18.2 Å². The van der Waals surface area contributed by atoms with Gasteiger partial charge < -0.3 is 14.6 Å². The van der Waals surface area contributed by atoms with Crippen LogP contribution in [0, 0.1) is 5.92 Å². The lowest BCUT2D eigenvalue weighted by molar-refractivity contribution is 0.0600. The summed E-state index contributed by atoms with van der Waals surface area (Å²) < 4.78 is 10.5. The maximum absolute atomic E-state index is 12.4. The van der Waals surface area contributed by atoms with Gasteiger partial charge in [0.1, 0.15) is 5.75 Å². The van der Waals surface area contributed by atoms with E-state index < -0.39 is 0 Å². The molecule has 1 aromatic rings. The average molecular weight is 278 g/mol. The quantitative estimate of drug-likeness (QED) is 0.811. The number of hydrogen-bond acceptors (Lipinski definition) is 4. The fraction of sp³-hybridized carbons (Fsp3) is 0.562. The maximum atomic E-state index is 12.4. The zero-order valence-corrected chi connectivity index (χ0v) is 11.9. The standard InChI is InChI=1S/C16H22O4/c1-19-14-2-3-15(13(11-14)4-7-17)16(18)10-12-5-8-20-9-6-12/h2-3,11-12,17H,4-10H2,1H3. The molecule has 0 aliphatic carbocycles. The van der Waals surface area contributed by atoms with Gasteiger partial charge in [-0.25, -0.2) is 0 Å². The Bertz CT molecular complexity index is 450. The highest BCUT2D eigenvalue weighted by Crippen LogP contribution is 2.24. The molecule has 1 aromatic carbocycles. The number of benzene rings is 1. The second-order valence-corrected chi connectivity index (χ2v) is 5.18. The molecule has 1 fully saturated rings. The molecule has 4 nitrogen and oxygen atoms in total. The van der Waals surface area contributed by atoms with Crippen molar-refractivity contribution in [2.45, 2.75) is 25.7 Å². The fourth-order valence-corrected chi connectivity index (χ4v) is 2.62.